The Balaban J connectivity index is 1.51. The fourth-order valence-electron chi connectivity index (χ4n) is 2.36. The van der Waals surface area contributed by atoms with Crippen LogP contribution in [-0.2, 0) is 11.2 Å². The summed E-state index contributed by atoms with van der Waals surface area (Å²) in [4.78, 5) is 0. The van der Waals surface area contributed by atoms with Gasteiger partial charge in [-0.05, 0) is 50.3 Å². The van der Waals surface area contributed by atoms with Crippen molar-refractivity contribution < 1.29 is 4.74 Å². The molecular formula is C15H23NO. The van der Waals surface area contributed by atoms with Crippen LogP contribution in [0.3, 0.4) is 0 Å². The van der Waals surface area contributed by atoms with Crippen molar-refractivity contribution in [2.45, 2.75) is 25.7 Å². The smallest absolute Gasteiger partial charge is 0.0506 e. The molecule has 0 amide bonds. The van der Waals surface area contributed by atoms with Crippen molar-refractivity contribution in [2.24, 2.45) is 5.92 Å². The van der Waals surface area contributed by atoms with Crippen molar-refractivity contribution in [2.75, 3.05) is 26.3 Å². The molecule has 0 aromatic heterocycles. The molecule has 1 N–H and O–H groups in total. The first-order valence-electron chi connectivity index (χ1n) is 6.77. The van der Waals surface area contributed by atoms with Gasteiger partial charge in [-0.2, -0.15) is 0 Å². The Kier molecular flexibility index (Phi) is 5.53. The van der Waals surface area contributed by atoms with E-state index in [1.807, 2.05) is 0 Å². The Hall–Kier alpha value is -0.860. The molecule has 0 radical (unpaired) electrons. The molecule has 1 aromatic rings. The normalized spacial score (nSPS) is 20.4. The second-order valence-corrected chi connectivity index (χ2v) is 4.85. The number of hydrogen-bond donors (Lipinski definition) is 1. The first-order valence-corrected chi connectivity index (χ1v) is 6.77. The quantitative estimate of drug-likeness (QED) is 0.763. The Labute approximate surface area is 104 Å². The van der Waals surface area contributed by atoms with Gasteiger partial charge in [-0.25, -0.2) is 0 Å². The summed E-state index contributed by atoms with van der Waals surface area (Å²) in [7, 11) is 0. The zero-order valence-corrected chi connectivity index (χ0v) is 10.5. The highest BCUT2D eigenvalue weighted by Crippen LogP contribution is 2.13. The second kappa shape index (κ2) is 7.46. The van der Waals surface area contributed by atoms with Crippen LogP contribution in [0.2, 0.25) is 0 Å². The molecule has 0 bridgehead atoms. The third kappa shape index (κ3) is 4.88. The Bertz CT molecular complexity index is 293. The van der Waals surface area contributed by atoms with Gasteiger partial charge in [-0.1, -0.05) is 30.3 Å². The van der Waals surface area contributed by atoms with Crippen LogP contribution in [0, 0.1) is 5.92 Å². The maximum Gasteiger partial charge on any atom is 0.0506 e. The minimum Gasteiger partial charge on any atom is -0.381 e. The van der Waals surface area contributed by atoms with E-state index in [1.165, 1.54) is 37.9 Å². The molecule has 1 saturated heterocycles. The fourth-order valence-corrected chi connectivity index (χ4v) is 2.36. The molecule has 2 nitrogen and oxygen atoms in total. The molecule has 2 rings (SSSR count). The van der Waals surface area contributed by atoms with Crippen molar-refractivity contribution in [3.63, 3.8) is 0 Å². The summed E-state index contributed by atoms with van der Waals surface area (Å²) in [6.45, 7) is 4.15. The third-order valence-electron chi connectivity index (χ3n) is 3.45. The van der Waals surface area contributed by atoms with E-state index >= 15 is 0 Å². The van der Waals surface area contributed by atoms with E-state index in [1.54, 1.807) is 0 Å². The monoisotopic (exact) mass is 233 g/mol. The number of hydrogen-bond acceptors (Lipinski definition) is 2. The van der Waals surface area contributed by atoms with E-state index in [0.29, 0.717) is 0 Å². The summed E-state index contributed by atoms with van der Waals surface area (Å²) in [6.07, 6.45) is 4.94. The van der Waals surface area contributed by atoms with Crippen LogP contribution in [0.5, 0.6) is 0 Å². The first kappa shape index (κ1) is 12.6. The standard InChI is InChI=1S/C15H23NO/c1-2-5-14(6-3-1)8-11-17-12-9-15-7-4-10-16-13-15/h1-3,5-6,15-16H,4,7-13H2/t15-/m0/s1. The highest BCUT2D eigenvalue weighted by Gasteiger charge is 2.11. The van der Waals surface area contributed by atoms with Crippen molar-refractivity contribution >= 4 is 0 Å². The van der Waals surface area contributed by atoms with Gasteiger partial charge in [-0.3, -0.25) is 0 Å². The molecule has 0 unspecified atom stereocenters. The van der Waals surface area contributed by atoms with Crippen LogP contribution < -0.4 is 5.32 Å². The molecule has 1 aliphatic heterocycles. The van der Waals surface area contributed by atoms with Gasteiger partial charge in [-0.15, -0.1) is 0 Å². The molecule has 17 heavy (non-hydrogen) atoms. The van der Waals surface area contributed by atoms with Gasteiger partial charge in [0.2, 0.25) is 0 Å². The van der Waals surface area contributed by atoms with Crippen molar-refractivity contribution in [3.05, 3.63) is 35.9 Å². The lowest BCUT2D eigenvalue weighted by molar-refractivity contribution is 0.118. The second-order valence-electron chi connectivity index (χ2n) is 4.85. The number of ether oxygens (including phenoxy) is 1. The molecule has 1 atom stereocenters. The van der Waals surface area contributed by atoms with Gasteiger partial charge in [0.1, 0.15) is 0 Å². The van der Waals surface area contributed by atoms with Gasteiger partial charge in [0.15, 0.2) is 0 Å². The van der Waals surface area contributed by atoms with Gasteiger partial charge in [0.05, 0.1) is 6.61 Å². The van der Waals surface area contributed by atoms with Crippen molar-refractivity contribution in [3.8, 4) is 0 Å². The van der Waals surface area contributed by atoms with E-state index in [4.69, 9.17) is 4.74 Å². The lowest BCUT2D eigenvalue weighted by atomic mass is 9.97. The van der Waals surface area contributed by atoms with Crippen LogP contribution in [0.15, 0.2) is 30.3 Å². The topological polar surface area (TPSA) is 21.3 Å². The lowest BCUT2D eigenvalue weighted by Gasteiger charge is -2.22. The van der Waals surface area contributed by atoms with Crippen molar-refractivity contribution in [1.29, 1.82) is 0 Å². The predicted octanol–water partition coefficient (Wildman–Crippen LogP) is 2.64. The SMILES string of the molecule is c1ccc(CCOCC[C@@H]2CCCNC2)cc1. The number of rotatable bonds is 6. The van der Waals surface area contributed by atoms with E-state index in [0.717, 1.165) is 25.6 Å². The highest BCUT2D eigenvalue weighted by atomic mass is 16.5. The summed E-state index contributed by atoms with van der Waals surface area (Å²) in [5.41, 5.74) is 1.37. The van der Waals surface area contributed by atoms with Crippen molar-refractivity contribution in [1.82, 2.24) is 5.32 Å². The highest BCUT2D eigenvalue weighted by molar-refractivity contribution is 5.14. The minimum atomic E-state index is 0.834. The Morgan fingerprint density at radius 3 is 2.82 bits per heavy atom. The number of nitrogens with one attached hydrogen (secondary N) is 1. The summed E-state index contributed by atoms with van der Waals surface area (Å²) < 4.78 is 5.71. The molecule has 1 heterocycles. The number of benzene rings is 1. The largest absolute Gasteiger partial charge is 0.381 e. The van der Waals surface area contributed by atoms with E-state index < -0.39 is 0 Å². The molecule has 1 fully saturated rings. The molecule has 2 heteroatoms. The molecular weight excluding hydrogens is 210 g/mol. The average Bonchev–Trinajstić information content (AvgIpc) is 2.41. The molecule has 94 valence electrons. The van der Waals surface area contributed by atoms with Gasteiger partial charge < -0.3 is 10.1 Å². The molecule has 0 saturated carbocycles. The Morgan fingerprint density at radius 2 is 2.06 bits per heavy atom. The van der Waals surface area contributed by atoms with E-state index in [9.17, 15) is 0 Å². The van der Waals surface area contributed by atoms with Crippen LogP contribution in [-0.4, -0.2) is 26.3 Å². The summed E-state index contributed by atoms with van der Waals surface area (Å²) in [6, 6.07) is 10.6. The number of piperidine rings is 1. The van der Waals surface area contributed by atoms with E-state index in [2.05, 4.69) is 35.6 Å². The predicted molar refractivity (Wildman–Crippen MR) is 71.2 cm³/mol. The fraction of sp³-hybridized carbons (Fsp3) is 0.600. The molecule has 1 aromatic carbocycles. The summed E-state index contributed by atoms with van der Waals surface area (Å²) in [5, 5.41) is 3.45. The van der Waals surface area contributed by atoms with Crippen LogP contribution in [0.4, 0.5) is 0 Å². The first-order chi connectivity index (χ1) is 8.45. The molecule has 1 aliphatic rings. The third-order valence-corrected chi connectivity index (χ3v) is 3.45. The van der Waals surface area contributed by atoms with Gasteiger partial charge in [0.25, 0.3) is 0 Å². The maximum atomic E-state index is 5.71. The molecule has 0 spiro atoms. The van der Waals surface area contributed by atoms with Crippen LogP contribution >= 0.6 is 0 Å². The molecule has 0 aliphatic carbocycles. The summed E-state index contributed by atoms with van der Waals surface area (Å²) in [5.74, 6) is 0.834. The van der Waals surface area contributed by atoms with E-state index in [-0.39, 0.29) is 0 Å². The zero-order chi connectivity index (χ0) is 11.8. The average molecular weight is 233 g/mol. The zero-order valence-electron chi connectivity index (χ0n) is 10.5. The van der Waals surface area contributed by atoms with Crippen LogP contribution in [0.25, 0.3) is 0 Å². The minimum absolute atomic E-state index is 0.834. The van der Waals surface area contributed by atoms with Gasteiger partial charge in [0, 0.05) is 6.61 Å². The summed E-state index contributed by atoms with van der Waals surface area (Å²) >= 11 is 0. The van der Waals surface area contributed by atoms with Gasteiger partial charge >= 0.3 is 0 Å². The maximum absolute atomic E-state index is 5.71. The van der Waals surface area contributed by atoms with Crippen LogP contribution in [0.1, 0.15) is 24.8 Å². The lowest BCUT2D eigenvalue weighted by Crippen LogP contribution is -2.30. The Morgan fingerprint density at radius 1 is 1.18 bits per heavy atom.